The summed E-state index contributed by atoms with van der Waals surface area (Å²) < 4.78 is 18.6. The highest BCUT2D eigenvalue weighted by atomic mass is 16.5. The quantitative estimate of drug-likeness (QED) is 0.242. The van der Waals surface area contributed by atoms with Gasteiger partial charge in [0.1, 0.15) is 23.0 Å². The van der Waals surface area contributed by atoms with Gasteiger partial charge in [0.05, 0.1) is 20.3 Å². The zero-order valence-electron chi connectivity index (χ0n) is 29.3. The number of ether oxygens (including phenoxy) is 3. The molecule has 4 nitrogen and oxygen atoms in total. The summed E-state index contributed by atoms with van der Waals surface area (Å²) in [6.45, 7) is 26.3. The first-order valence-electron chi connectivity index (χ1n) is 15.9. The second-order valence-electron chi connectivity index (χ2n) is 14.6. The maximum Gasteiger partial charge on any atom is 0.130 e. The van der Waals surface area contributed by atoms with Crippen molar-refractivity contribution >= 4 is 0 Å². The molecule has 3 aromatic rings. The van der Waals surface area contributed by atoms with Crippen LogP contribution in [0, 0.1) is 6.92 Å². The van der Waals surface area contributed by atoms with Gasteiger partial charge in [-0.1, -0.05) is 80.9 Å². The van der Waals surface area contributed by atoms with Gasteiger partial charge in [0, 0.05) is 27.8 Å². The summed E-state index contributed by atoms with van der Waals surface area (Å²) in [7, 11) is 3.39. The van der Waals surface area contributed by atoms with Gasteiger partial charge in [-0.05, 0) is 90.8 Å². The minimum Gasteiger partial charge on any atom is -0.507 e. The Morgan fingerprint density at radius 2 is 1.23 bits per heavy atom. The molecule has 0 fully saturated rings. The number of phenolic OH excluding ortho intramolecular Hbond substituents is 1. The van der Waals surface area contributed by atoms with E-state index in [9.17, 15) is 5.11 Å². The van der Waals surface area contributed by atoms with Crippen LogP contribution in [-0.2, 0) is 16.2 Å². The van der Waals surface area contributed by atoms with Crippen LogP contribution in [0.2, 0.25) is 0 Å². The van der Waals surface area contributed by atoms with Gasteiger partial charge < -0.3 is 19.3 Å². The van der Waals surface area contributed by atoms with E-state index in [-0.39, 0.29) is 22.3 Å². The predicted molar refractivity (Wildman–Crippen MR) is 183 cm³/mol. The summed E-state index contributed by atoms with van der Waals surface area (Å²) >= 11 is 0. The molecule has 0 spiro atoms. The Morgan fingerprint density at radius 3 is 1.70 bits per heavy atom. The van der Waals surface area contributed by atoms with Crippen LogP contribution in [0.15, 0.2) is 36.4 Å². The molecule has 0 heterocycles. The number of hydrogen-bond donors (Lipinski definition) is 1. The van der Waals surface area contributed by atoms with Gasteiger partial charge >= 0.3 is 0 Å². The largest absolute Gasteiger partial charge is 0.507 e. The number of phenols is 1. The first-order valence-corrected chi connectivity index (χ1v) is 15.9. The van der Waals surface area contributed by atoms with Gasteiger partial charge in [-0.2, -0.15) is 0 Å². The lowest BCUT2D eigenvalue weighted by atomic mass is 9.74. The Bertz CT molecular complexity index is 1440. The second kappa shape index (κ2) is 12.8. The van der Waals surface area contributed by atoms with Crippen LogP contribution in [0.5, 0.6) is 23.0 Å². The maximum atomic E-state index is 11.9. The molecule has 43 heavy (non-hydrogen) atoms. The number of aryl methyl sites for hydroxylation is 1. The summed E-state index contributed by atoms with van der Waals surface area (Å²) in [5.74, 6) is 2.51. The van der Waals surface area contributed by atoms with Crippen molar-refractivity contribution in [3.05, 3.63) is 58.7 Å². The van der Waals surface area contributed by atoms with Gasteiger partial charge in [0.2, 0.25) is 0 Å². The third kappa shape index (κ3) is 7.16. The van der Waals surface area contributed by atoms with Gasteiger partial charge in [0.15, 0.2) is 0 Å². The van der Waals surface area contributed by atoms with E-state index in [0.29, 0.717) is 17.2 Å². The monoisotopic (exact) mass is 588 g/mol. The van der Waals surface area contributed by atoms with Crippen molar-refractivity contribution in [1.29, 1.82) is 0 Å². The van der Waals surface area contributed by atoms with Gasteiger partial charge in [-0.15, -0.1) is 0 Å². The summed E-state index contributed by atoms with van der Waals surface area (Å²) in [6.07, 6.45) is 2.99. The van der Waals surface area contributed by atoms with Crippen LogP contribution in [0.4, 0.5) is 0 Å². The number of hydrogen-bond acceptors (Lipinski definition) is 4. The molecule has 0 bridgehead atoms. The molecule has 0 atom stereocenters. The molecule has 0 aliphatic heterocycles. The van der Waals surface area contributed by atoms with Crippen LogP contribution in [0.25, 0.3) is 22.3 Å². The minimum atomic E-state index is -0.196. The smallest absolute Gasteiger partial charge is 0.130 e. The summed E-state index contributed by atoms with van der Waals surface area (Å²) in [5, 5.41) is 11.9. The SMILES string of the molecule is CCCC(C)(C)c1cc(C(C)(C)CC)cc(-c2cc(OC)c(-c3cc(C(C)(C)C)cc(C)c3OC(C)C)cc2OC)c1O. The number of rotatable bonds is 11. The number of benzene rings is 3. The van der Waals surface area contributed by atoms with Crippen molar-refractivity contribution in [2.24, 2.45) is 0 Å². The third-order valence-electron chi connectivity index (χ3n) is 8.98. The average molecular weight is 589 g/mol. The van der Waals surface area contributed by atoms with Crippen LogP contribution in [-0.4, -0.2) is 25.4 Å². The fraction of sp³-hybridized carbons (Fsp3) is 0.538. The lowest BCUT2D eigenvalue weighted by molar-refractivity contribution is 0.241. The zero-order chi connectivity index (χ0) is 32.5. The molecular weight excluding hydrogens is 532 g/mol. The van der Waals surface area contributed by atoms with Crippen molar-refractivity contribution in [3.8, 4) is 45.3 Å². The van der Waals surface area contributed by atoms with Gasteiger partial charge in [-0.25, -0.2) is 0 Å². The Labute approximate surface area is 261 Å². The van der Waals surface area contributed by atoms with Crippen molar-refractivity contribution in [2.75, 3.05) is 14.2 Å². The van der Waals surface area contributed by atoms with Crippen LogP contribution < -0.4 is 14.2 Å². The summed E-state index contributed by atoms with van der Waals surface area (Å²) in [4.78, 5) is 0. The normalized spacial score (nSPS) is 12.5. The molecule has 0 aromatic heterocycles. The van der Waals surface area contributed by atoms with E-state index in [1.807, 2.05) is 26.0 Å². The van der Waals surface area contributed by atoms with Crippen molar-refractivity contribution in [1.82, 2.24) is 0 Å². The van der Waals surface area contributed by atoms with Gasteiger partial charge in [-0.3, -0.25) is 0 Å². The Hall–Kier alpha value is -3.14. The molecule has 0 saturated heterocycles. The van der Waals surface area contributed by atoms with Crippen LogP contribution in [0.3, 0.4) is 0 Å². The van der Waals surface area contributed by atoms with Gasteiger partial charge in [0.25, 0.3) is 0 Å². The molecule has 0 aliphatic rings. The second-order valence-corrected chi connectivity index (χ2v) is 14.6. The average Bonchev–Trinajstić information content (AvgIpc) is 2.92. The molecule has 3 aromatic carbocycles. The lowest BCUT2D eigenvalue weighted by Gasteiger charge is -2.31. The molecule has 4 heteroatoms. The Balaban J connectivity index is 2.44. The molecule has 0 saturated carbocycles. The molecule has 3 rings (SSSR count). The zero-order valence-corrected chi connectivity index (χ0v) is 29.3. The van der Waals surface area contributed by atoms with E-state index in [1.165, 1.54) is 11.1 Å². The summed E-state index contributed by atoms with van der Waals surface area (Å²) in [5.41, 5.74) is 7.58. The van der Waals surface area contributed by atoms with E-state index in [2.05, 4.69) is 93.5 Å². The van der Waals surface area contributed by atoms with E-state index >= 15 is 0 Å². The molecule has 236 valence electrons. The molecule has 0 radical (unpaired) electrons. The van der Waals surface area contributed by atoms with E-state index in [1.54, 1.807) is 14.2 Å². The highest BCUT2D eigenvalue weighted by Gasteiger charge is 2.31. The topological polar surface area (TPSA) is 47.9 Å². The van der Waals surface area contributed by atoms with Crippen molar-refractivity contribution < 1.29 is 19.3 Å². The van der Waals surface area contributed by atoms with Crippen molar-refractivity contribution in [3.63, 3.8) is 0 Å². The fourth-order valence-electron chi connectivity index (χ4n) is 5.83. The third-order valence-corrected chi connectivity index (χ3v) is 8.98. The molecular formula is C39H56O4. The summed E-state index contributed by atoms with van der Waals surface area (Å²) in [6, 6.07) is 12.8. The Kier molecular flexibility index (Phi) is 10.3. The maximum absolute atomic E-state index is 11.9. The molecule has 1 N–H and O–H groups in total. The molecule has 0 amide bonds. The highest BCUT2D eigenvalue weighted by molar-refractivity contribution is 5.87. The first kappa shape index (κ1) is 34.4. The lowest BCUT2D eigenvalue weighted by Crippen LogP contribution is -2.21. The van der Waals surface area contributed by atoms with E-state index in [0.717, 1.165) is 58.4 Å². The molecule has 0 aliphatic carbocycles. The number of methoxy groups -OCH3 is 2. The van der Waals surface area contributed by atoms with Crippen molar-refractivity contribution in [2.45, 2.75) is 125 Å². The standard InChI is InChI=1S/C39H56O4/c1-15-17-39(11,12)32-21-27(38(9,10)16-2)20-30(35(32)40)28-22-34(42-14)29(23-33(28)41-13)31-19-26(37(6,7)8)18-25(5)36(31)43-24(3)4/h18-24,40H,15-17H2,1-14H3. The van der Waals surface area contributed by atoms with Crippen LogP contribution in [0.1, 0.15) is 118 Å². The predicted octanol–water partition coefficient (Wildman–Crippen LogP) is 10.9. The van der Waals surface area contributed by atoms with E-state index < -0.39 is 0 Å². The Morgan fingerprint density at radius 1 is 0.698 bits per heavy atom. The first-order chi connectivity index (χ1) is 19.9. The highest BCUT2D eigenvalue weighted by Crippen LogP contribution is 2.50. The number of aromatic hydroxyl groups is 1. The van der Waals surface area contributed by atoms with E-state index in [4.69, 9.17) is 14.2 Å². The fourth-order valence-corrected chi connectivity index (χ4v) is 5.83. The van der Waals surface area contributed by atoms with Crippen LogP contribution >= 0.6 is 0 Å². The molecule has 0 unspecified atom stereocenters. The minimum absolute atomic E-state index is 0.0107.